The molecule has 0 spiro atoms. The molecule has 1 N–H and O–H groups in total. The van der Waals surface area contributed by atoms with Gasteiger partial charge in [-0.05, 0) is 37.0 Å². The van der Waals surface area contributed by atoms with Gasteiger partial charge in [0.1, 0.15) is 0 Å². The van der Waals surface area contributed by atoms with Crippen molar-refractivity contribution < 1.29 is 4.79 Å². The Morgan fingerprint density at radius 1 is 1.14 bits per heavy atom. The van der Waals surface area contributed by atoms with Gasteiger partial charge < -0.3 is 10.2 Å². The van der Waals surface area contributed by atoms with Gasteiger partial charge in [0.25, 0.3) is 5.91 Å². The molecule has 0 radical (unpaired) electrons. The van der Waals surface area contributed by atoms with Crippen LogP contribution < -0.4 is 10.2 Å². The Hall–Kier alpha value is -3.08. The molecule has 3 aromatic rings. The molecule has 0 fully saturated rings. The molecule has 1 amide bonds. The van der Waals surface area contributed by atoms with Crippen LogP contribution in [0.1, 0.15) is 41.0 Å². The highest BCUT2D eigenvalue weighted by Crippen LogP contribution is 2.28. The predicted octanol–water partition coefficient (Wildman–Crippen LogP) is 3.67. The van der Waals surface area contributed by atoms with Crippen molar-refractivity contribution in [2.24, 2.45) is 0 Å². The number of carbonyl (C=O) groups excluding carboxylic acids is 1. The highest BCUT2D eigenvalue weighted by Gasteiger charge is 2.24. The molecule has 0 bridgehead atoms. The first kappa shape index (κ1) is 19.2. The zero-order valence-corrected chi connectivity index (χ0v) is 17.1. The fourth-order valence-electron chi connectivity index (χ4n) is 4.13. The van der Waals surface area contributed by atoms with Crippen LogP contribution in [-0.2, 0) is 19.4 Å². The molecule has 1 aromatic heterocycles. The van der Waals surface area contributed by atoms with Gasteiger partial charge in [-0.1, -0.05) is 55.5 Å². The minimum absolute atomic E-state index is 0.0412. The van der Waals surface area contributed by atoms with E-state index < -0.39 is 0 Å². The number of carbonyl (C=O) groups is 1. The Kier molecular flexibility index (Phi) is 5.65. The van der Waals surface area contributed by atoms with Crippen LogP contribution >= 0.6 is 0 Å². The molecule has 1 aliphatic heterocycles. The molecule has 5 nitrogen and oxygen atoms in total. The molecular weight excluding hydrogens is 360 g/mol. The second-order valence-electron chi connectivity index (χ2n) is 7.63. The average molecular weight is 389 g/mol. The Balaban J connectivity index is 1.41. The summed E-state index contributed by atoms with van der Waals surface area (Å²) >= 11 is 0. The highest BCUT2D eigenvalue weighted by atomic mass is 16.1. The minimum Gasteiger partial charge on any atom is -0.366 e. The van der Waals surface area contributed by atoms with E-state index in [0.717, 1.165) is 25.1 Å². The first-order valence-electron chi connectivity index (χ1n) is 10.4. The third kappa shape index (κ3) is 4.04. The van der Waals surface area contributed by atoms with Gasteiger partial charge in [-0.15, -0.1) is 0 Å². The summed E-state index contributed by atoms with van der Waals surface area (Å²) in [5.74, 6) is -0.0412. The minimum atomic E-state index is -0.0412. The van der Waals surface area contributed by atoms with Crippen molar-refractivity contribution in [3.05, 3.63) is 83.2 Å². The third-order valence-corrected chi connectivity index (χ3v) is 5.72. The summed E-state index contributed by atoms with van der Waals surface area (Å²) in [7, 11) is 0. The van der Waals surface area contributed by atoms with Crippen molar-refractivity contribution in [3.8, 4) is 0 Å². The van der Waals surface area contributed by atoms with Crippen LogP contribution in [0, 0.1) is 0 Å². The largest absolute Gasteiger partial charge is 0.366 e. The number of anilines is 1. The maximum atomic E-state index is 12.9. The summed E-state index contributed by atoms with van der Waals surface area (Å²) in [4.78, 5) is 15.3. The van der Waals surface area contributed by atoms with Crippen molar-refractivity contribution in [3.63, 3.8) is 0 Å². The lowest BCUT2D eigenvalue weighted by molar-refractivity contribution is 0.0950. The van der Waals surface area contributed by atoms with Gasteiger partial charge >= 0.3 is 0 Å². The molecule has 2 heterocycles. The number of fused-ring (bicyclic) bond motifs is 1. The van der Waals surface area contributed by atoms with Crippen LogP contribution in [0.3, 0.4) is 0 Å². The second kappa shape index (κ2) is 8.52. The molecule has 2 aromatic carbocycles. The number of nitrogens with zero attached hydrogens (tertiary/aromatic N) is 3. The van der Waals surface area contributed by atoms with E-state index in [-0.39, 0.29) is 11.9 Å². The predicted molar refractivity (Wildman–Crippen MR) is 116 cm³/mol. The van der Waals surface area contributed by atoms with Crippen LogP contribution in [0.2, 0.25) is 0 Å². The number of nitrogens with one attached hydrogen (secondary N) is 1. The van der Waals surface area contributed by atoms with Crippen molar-refractivity contribution in [1.29, 1.82) is 0 Å². The van der Waals surface area contributed by atoms with Crippen LogP contribution in [0.15, 0.2) is 60.8 Å². The highest BCUT2D eigenvalue weighted by molar-refractivity contribution is 5.95. The van der Waals surface area contributed by atoms with Crippen LogP contribution in [0.25, 0.3) is 0 Å². The lowest BCUT2D eigenvalue weighted by atomic mass is 10.1. The van der Waals surface area contributed by atoms with Crippen molar-refractivity contribution >= 4 is 11.6 Å². The van der Waals surface area contributed by atoms with E-state index in [4.69, 9.17) is 0 Å². The molecule has 1 unspecified atom stereocenters. The van der Waals surface area contributed by atoms with Gasteiger partial charge in [0.15, 0.2) is 0 Å². The third-order valence-electron chi connectivity index (χ3n) is 5.72. The molecule has 0 saturated carbocycles. The van der Waals surface area contributed by atoms with Gasteiger partial charge in [0.2, 0.25) is 0 Å². The van der Waals surface area contributed by atoms with E-state index in [0.29, 0.717) is 18.7 Å². The number of hydrogen-bond acceptors (Lipinski definition) is 3. The maximum Gasteiger partial charge on any atom is 0.254 e. The summed E-state index contributed by atoms with van der Waals surface area (Å²) in [6.07, 6.45) is 3.54. The Labute approximate surface area is 172 Å². The monoisotopic (exact) mass is 388 g/mol. The SMILES string of the molecule is CCc1c(C(=O)NCC(C)N2CCc3ccccc32)cnn1Cc1ccccc1. The topological polar surface area (TPSA) is 50.2 Å². The number of benzene rings is 2. The Bertz CT molecular complexity index is 980. The van der Waals surface area contributed by atoms with Crippen LogP contribution in [0.5, 0.6) is 0 Å². The summed E-state index contributed by atoms with van der Waals surface area (Å²) in [5, 5.41) is 7.61. The Morgan fingerprint density at radius 3 is 2.69 bits per heavy atom. The van der Waals surface area contributed by atoms with Crippen LogP contribution in [-0.4, -0.2) is 34.8 Å². The lowest BCUT2D eigenvalue weighted by Crippen LogP contribution is -2.41. The molecule has 0 aliphatic carbocycles. The molecule has 1 aliphatic rings. The molecule has 150 valence electrons. The summed E-state index contributed by atoms with van der Waals surface area (Å²) in [5.41, 5.74) is 5.52. The summed E-state index contributed by atoms with van der Waals surface area (Å²) < 4.78 is 1.93. The number of hydrogen-bond donors (Lipinski definition) is 1. The zero-order chi connectivity index (χ0) is 20.2. The average Bonchev–Trinajstić information content (AvgIpc) is 3.36. The first-order valence-corrected chi connectivity index (χ1v) is 10.4. The Morgan fingerprint density at radius 2 is 1.90 bits per heavy atom. The summed E-state index contributed by atoms with van der Waals surface area (Å²) in [6.45, 7) is 6.53. The van der Waals surface area contributed by atoms with Gasteiger partial charge in [0, 0.05) is 24.8 Å². The van der Waals surface area contributed by atoms with Crippen molar-refractivity contribution in [2.45, 2.75) is 39.3 Å². The quantitative estimate of drug-likeness (QED) is 0.672. The van der Waals surface area contributed by atoms with Gasteiger partial charge in [-0.3, -0.25) is 9.48 Å². The lowest BCUT2D eigenvalue weighted by Gasteiger charge is -2.27. The smallest absolute Gasteiger partial charge is 0.254 e. The molecular formula is C24H28N4O. The van der Waals surface area contributed by atoms with E-state index in [1.807, 2.05) is 22.9 Å². The van der Waals surface area contributed by atoms with E-state index in [1.54, 1.807) is 6.20 Å². The van der Waals surface area contributed by atoms with E-state index >= 15 is 0 Å². The van der Waals surface area contributed by atoms with Gasteiger partial charge in [0.05, 0.1) is 24.0 Å². The first-order chi connectivity index (χ1) is 14.2. The van der Waals surface area contributed by atoms with Gasteiger partial charge in [-0.2, -0.15) is 5.10 Å². The number of aromatic nitrogens is 2. The molecule has 4 rings (SSSR count). The van der Waals surface area contributed by atoms with Crippen LogP contribution in [0.4, 0.5) is 5.69 Å². The fourth-order valence-corrected chi connectivity index (χ4v) is 4.13. The standard InChI is InChI=1S/C24H28N4O/c1-3-22-21(16-26-28(22)17-19-9-5-4-6-10-19)24(29)25-15-18(2)27-14-13-20-11-7-8-12-23(20)27/h4-12,16,18H,3,13-15,17H2,1-2H3,(H,25,29). The van der Waals surface area contributed by atoms with Gasteiger partial charge in [-0.25, -0.2) is 0 Å². The molecule has 29 heavy (non-hydrogen) atoms. The fraction of sp³-hybridized carbons (Fsp3) is 0.333. The van der Waals surface area contributed by atoms with E-state index in [2.05, 4.69) is 65.6 Å². The second-order valence-corrected chi connectivity index (χ2v) is 7.63. The number of rotatable bonds is 7. The normalized spacial score (nSPS) is 13.9. The molecule has 0 saturated heterocycles. The summed E-state index contributed by atoms with van der Waals surface area (Å²) in [6, 6.07) is 19.0. The zero-order valence-electron chi connectivity index (χ0n) is 17.1. The van der Waals surface area contributed by atoms with Crippen molar-refractivity contribution in [1.82, 2.24) is 15.1 Å². The van der Waals surface area contributed by atoms with E-state index in [1.165, 1.54) is 16.8 Å². The molecule has 5 heteroatoms. The maximum absolute atomic E-state index is 12.9. The molecule has 1 atom stereocenters. The number of amides is 1. The number of para-hydroxylation sites is 1. The van der Waals surface area contributed by atoms with E-state index in [9.17, 15) is 4.79 Å². The van der Waals surface area contributed by atoms with Crippen molar-refractivity contribution in [2.75, 3.05) is 18.0 Å².